The molecule has 0 radical (unpaired) electrons. The molecule has 3 aliphatic heterocycles. The smallest absolute Gasteiger partial charge is 0.270 e. The number of benzene rings is 5. The molecule has 11 heteroatoms. The summed E-state index contributed by atoms with van der Waals surface area (Å²) in [6, 6.07) is 29.5. The molecule has 0 fully saturated rings. The number of rotatable bonds is 2. The first-order valence-corrected chi connectivity index (χ1v) is 18.1. The van der Waals surface area contributed by atoms with Crippen molar-refractivity contribution in [3.63, 3.8) is 0 Å². The lowest BCUT2D eigenvalue weighted by atomic mass is 9.98. The van der Waals surface area contributed by atoms with Crippen LogP contribution >= 0.6 is 0 Å². The Morgan fingerprint density at radius 2 is 1.09 bits per heavy atom. The summed E-state index contributed by atoms with van der Waals surface area (Å²) in [5.74, 6) is -0.175. The van der Waals surface area contributed by atoms with Crippen LogP contribution in [0, 0.1) is 10.1 Å². The molecule has 0 amide bonds. The molecule has 5 aromatic carbocycles. The minimum atomic E-state index is -0.442. The summed E-state index contributed by atoms with van der Waals surface area (Å²) in [5.41, 5.74) is 7.03. The molecular formula is C44H36N6O5+2. The fourth-order valence-electron chi connectivity index (χ4n) is 7.74. The first kappa shape index (κ1) is 33.7. The second-order valence-electron chi connectivity index (χ2n) is 14.1. The molecular weight excluding hydrogens is 693 g/mol. The third kappa shape index (κ3) is 6.25. The highest BCUT2D eigenvalue weighted by atomic mass is 16.6. The topological polar surface area (TPSA) is 120 Å². The molecule has 0 spiro atoms. The van der Waals surface area contributed by atoms with E-state index in [0.717, 1.165) is 39.5 Å². The molecule has 11 nitrogen and oxygen atoms in total. The average molecular weight is 729 g/mol. The van der Waals surface area contributed by atoms with Gasteiger partial charge >= 0.3 is 0 Å². The summed E-state index contributed by atoms with van der Waals surface area (Å²) < 4.78 is 9.90. The van der Waals surface area contributed by atoms with Crippen LogP contribution in [0.2, 0.25) is 0 Å². The molecule has 3 aliphatic rings. The van der Waals surface area contributed by atoms with E-state index in [9.17, 15) is 24.8 Å². The molecule has 270 valence electrons. The fraction of sp³-hybridized carbons (Fsp3) is 0.136. The predicted octanol–water partition coefficient (Wildman–Crippen LogP) is 6.57. The van der Waals surface area contributed by atoms with Gasteiger partial charge in [-0.15, -0.1) is 0 Å². The number of carbonyl (C=O) groups excluding carboxylic acids is 2. The predicted molar refractivity (Wildman–Crippen MR) is 205 cm³/mol. The van der Waals surface area contributed by atoms with Gasteiger partial charge in [-0.25, -0.2) is 18.3 Å². The van der Waals surface area contributed by atoms with Crippen LogP contribution in [0.3, 0.4) is 0 Å². The molecule has 0 saturated carbocycles. The van der Waals surface area contributed by atoms with E-state index < -0.39 is 4.92 Å². The summed E-state index contributed by atoms with van der Waals surface area (Å²) in [5, 5.41) is 25.1. The maximum absolute atomic E-state index is 13.8. The maximum atomic E-state index is 13.8. The number of carbonyl (C=O) groups is 2. The van der Waals surface area contributed by atoms with Gasteiger partial charge in [0.2, 0.25) is 12.7 Å². The third-order valence-corrected chi connectivity index (χ3v) is 10.5. The Bertz CT molecular complexity index is 2650. The van der Waals surface area contributed by atoms with Gasteiger partial charge < -0.3 is 9.67 Å². The van der Waals surface area contributed by atoms with Crippen molar-refractivity contribution in [3.05, 3.63) is 189 Å². The molecule has 14 bridgehead atoms. The van der Waals surface area contributed by atoms with Crippen LogP contribution in [0.4, 0.5) is 5.69 Å². The Labute approximate surface area is 315 Å². The average Bonchev–Trinajstić information content (AvgIpc) is 3.92. The van der Waals surface area contributed by atoms with E-state index in [2.05, 4.69) is 11.5 Å². The minimum absolute atomic E-state index is 0.00719. The molecule has 0 aliphatic carbocycles. The van der Waals surface area contributed by atoms with Crippen molar-refractivity contribution in [1.29, 1.82) is 0 Å². The van der Waals surface area contributed by atoms with Gasteiger partial charge in [0.15, 0.2) is 11.6 Å². The number of imidazole rings is 2. The zero-order chi connectivity index (χ0) is 37.8. The number of hydrogen-bond acceptors (Lipinski definition) is 5. The number of fused-ring (bicyclic) bond motifs is 2. The lowest BCUT2D eigenvalue weighted by molar-refractivity contribution is -0.688. The number of nitrogens with zero attached hydrogens (tertiary/aromatic N) is 6. The van der Waals surface area contributed by atoms with Crippen LogP contribution in [0.25, 0.3) is 21.8 Å². The van der Waals surface area contributed by atoms with Crippen molar-refractivity contribution in [2.75, 3.05) is 0 Å². The summed E-state index contributed by atoms with van der Waals surface area (Å²) in [6.45, 7) is 4.36. The normalized spacial score (nSPS) is 13.3. The number of nitro benzene ring substituents is 1. The van der Waals surface area contributed by atoms with Gasteiger partial charge in [0.25, 0.3) is 5.69 Å². The molecule has 8 aromatic rings. The van der Waals surface area contributed by atoms with E-state index in [0.29, 0.717) is 46.5 Å². The summed E-state index contributed by atoms with van der Waals surface area (Å²) >= 11 is 0. The molecule has 3 aromatic heterocycles. The fourth-order valence-corrected chi connectivity index (χ4v) is 7.74. The second kappa shape index (κ2) is 13.4. The van der Waals surface area contributed by atoms with Crippen LogP contribution in [0.5, 0.6) is 5.75 Å². The van der Waals surface area contributed by atoms with E-state index in [1.54, 1.807) is 0 Å². The van der Waals surface area contributed by atoms with Gasteiger partial charge in [0.1, 0.15) is 56.7 Å². The highest BCUT2D eigenvalue weighted by Gasteiger charge is 2.22. The third-order valence-electron chi connectivity index (χ3n) is 10.5. The van der Waals surface area contributed by atoms with Gasteiger partial charge in [-0.2, -0.15) is 0 Å². The maximum Gasteiger partial charge on any atom is 0.270 e. The molecule has 0 saturated heterocycles. The van der Waals surface area contributed by atoms with E-state index in [-0.39, 0.29) is 36.1 Å². The standard InChI is InChI=1S/C44H35N6O5/c1-2-49-40-13-11-33-21-38(40)39-22-34(12-14-41(39)49)43(52)32-9-5-30(6-10-32)24-46-16-18-48(28-46)26-36-20-37(50(54)55)19-35(44(36)53)25-47-17-15-45(27-47)23-29-3-7-31(8-4-29)42(33)51/h3-22,27-28H,2,23-26H2,1H3/q+1/p+1. The van der Waals surface area contributed by atoms with Crippen molar-refractivity contribution in [1.82, 2.24) is 13.7 Å². The van der Waals surface area contributed by atoms with Crippen LogP contribution in [0.1, 0.15) is 61.0 Å². The zero-order valence-corrected chi connectivity index (χ0v) is 30.0. The van der Waals surface area contributed by atoms with Gasteiger partial charge in [-0.1, -0.05) is 48.5 Å². The van der Waals surface area contributed by atoms with E-state index in [4.69, 9.17) is 0 Å². The molecule has 0 atom stereocenters. The number of phenols is 1. The summed E-state index contributed by atoms with van der Waals surface area (Å²) in [4.78, 5) is 39.1. The van der Waals surface area contributed by atoms with Crippen molar-refractivity contribution < 1.29 is 28.8 Å². The monoisotopic (exact) mass is 728 g/mol. The Morgan fingerprint density at radius 3 is 1.51 bits per heavy atom. The number of hydrogen-bond donors (Lipinski definition) is 1. The lowest BCUT2D eigenvalue weighted by Gasteiger charge is -2.08. The Hall–Kier alpha value is -7.14. The van der Waals surface area contributed by atoms with Gasteiger partial charge in [0.05, 0.1) is 4.92 Å². The number of ketones is 2. The van der Waals surface area contributed by atoms with Crippen LogP contribution in [-0.2, 0) is 32.7 Å². The summed E-state index contributed by atoms with van der Waals surface area (Å²) in [7, 11) is 0. The highest BCUT2D eigenvalue weighted by Crippen LogP contribution is 2.33. The molecule has 6 heterocycles. The van der Waals surface area contributed by atoms with Gasteiger partial charge in [-0.3, -0.25) is 19.7 Å². The van der Waals surface area contributed by atoms with Crippen molar-refractivity contribution in [2.24, 2.45) is 0 Å². The van der Waals surface area contributed by atoms with Crippen molar-refractivity contribution >= 4 is 39.1 Å². The number of aromatic hydroxyl groups is 1. The Kier molecular flexibility index (Phi) is 8.19. The lowest BCUT2D eigenvalue weighted by Crippen LogP contribution is -2.31. The SMILES string of the molecule is CCn1c2ccc3cc2c2cc(ccc21)C(=O)c1ccc(cc1)C[n+]1ccn(c1)Cc1cc([N+](=O)[O-])cc(c1O)Cn1cc[n+](c1)Cc1ccc(cc1)C3=O. The van der Waals surface area contributed by atoms with Gasteiger partial charge in [-0.05, 0) is 54.4 Å². The molecule has 0 unspecified atom stereocenters. The summed E-state index contributed by atoms with van der Waals surface area (Å²) in [6.07, 6.45) is 11.3. The molecule has 11 rings (SSSR count). The zero-order valence-electron chi connectivity index (χ0n) is 30.0. The van der Waals surface area contributed by atoms with E-state index >= 15 is 0 Å². The Balaban J connectivity index is 1.12. The second-order valence-corrected chi connectivity index (χ2v) is 14.1. The van der Waals surface area contributed by atoms with Gasteiger partial charge in [0, 0.05) is 73.9 Å². The highest BCUT2D eigenvalue weighted by molar-refractivity contribution is 6.17. The first-order valence-electron chi connectivity index (χ1n) is 18.1. The number of aryl methyl sites for hydroxylation is 1. The Morgan fingerprint density at radius 1 is 0.655 bits per heavy atom. The molecule has 1 N–H and O–H groups in total. The number of nitro groups is 1. The van der Waals surface area contributed by atoms with Crippen LogP contribution in [-0.4, -0.2) is 35.3 Å². The molecule has 55 heavy (non-hydrogen) atoms. The van der Waals surface area contributed by atoms with E-state index in [1.807, 2.05) is 141 Å². The number of non-ortho nitro benzene ring substituents is 1. The van der Waals surface area contributed by atoms with Crippen LogP contribution in [0.15, 0.2) is 135 Å². The van der Waals surface area contributed by atoms with Crippen LogP contribution < -0.4 is 9.13 Å². The largest absolute Gasteiger partial charge is 0.507 e. The first-order chi connectivity index (χ1) is 26.7. The number of aromatic nitrogens is 5. The number of phenolic OH excluding ortho intramolecular Hbond substituents is 1. The van der Waals surface area contributed by atoms with Crippen molar-refractivity contribution in [3.8, 4) is 5.75 Å². The van der Waals surface area contributed by atoms with Crippen molar-refractivity contribution in [2.45, 2.75) is 39.6 Å². The minimum Gasteiger partial charge on any atom is -0.507 e. The quantitative estimate of drug-likeness (QED) is 0.123. The van der Waals surface area contributed by atoms with E-state index in [1.165, 1.54) is 12.1 Å².